The number of imidazole rings is 1. The maximum atomic E-state index is 11.3. The van der Waals surface area contributed by atoms with E-state index in [2.05, 4.69) is 4.98 Å². The SMILES string of the molecule is O=C(O)c1cccc2ncn(CCc3ccc(Cl)cc3)c12. The third-order valence-electron chi connectivity index (χ3n) is 3.42. The summed E-state index contributed by atoms with van der Waals surface area (Å²) >= 11 is 5.86. The molecule has 0 aliphatic heterocycles. The second-order valence-corrected chi connectivity index (χ2v) is 5.23. The number of carboxylic acid groups (broad SMARTS) is 1. The van der Waals surface area contributed by atoms with E-state index in [1.807, 2.05) is 34.9 Å². The van der Waals surface area contributed by atoms with Crippen molar-refractivity contribution in [2.45, 2.75) is 13.0 Å². The zero-order valence-corrected chi connectivity index (χ0v) is 11.9. The van der Waals surface area contributed by atoms with Gasteiger partial charge in [-0.2, -0.15) is 0 Å². The maximum Gasteiger partial charge on any atom is 0.337 e. The van der Waals surface area contributed by atoms with Gasteiger partial charge in [-0.05, 0) is 36.2 Å². The van der Waals surface area contributed by atoms with Crippen molar-refractivity contribution in [3.05, 3.63) is 64.9 Å². The monoisotopic (exact) mass is 300 g/mol. The smallest absolute Gasteiger partial charge is 0.337 e. The number of carboxylic acids is 1. The Hall–Kier alpha value is -2.33. The number of hydrogen-bond donors (Lipinski definition) is 1. The molecule has 3 rings (SSSR count). The van der Waals surface area contributed by atoms with Crippen LogP contribution in [0.4, 0.5) is 0 Å². The fraction of sp³-hybridized carbons (Fsp3) is 0.125. The molecule has 3 aromatic rings. The lowest BCUT2D eigenvalue weighted by Gasteiger charge is -2.07. The normalized spacial score (nSPS) is 10.9. The Bertz CT molecular complexity index is 794. The van der Waals surface area contributed by atoms with E-state index in [1.165, 1.54) is 0 Å². The van der Waals surface area contributed by atoms with Gasteiger partial charge in [0.1, 0.15) is 0 Å². The van der Waals surface area contributed by atoms with Gasteiger partial charge in [-0.15, -0.1) is 0 Å². The summed E-state index contributed by atoms with van der Waals surface area (Å²) in [5, 5.41) is 9.99. The van der Waals surface area contributed by atoms with Crippen LogP contribution in [0.1, 0.15) is 15.9 Å². The quantitative estimate of drug-likeness (QED) is 0.800. The summed E-state index contributed by atoms with van der Waals surface area (Å²) in [5.41, 5.74) is 2.79. The largest absolute Gasteiger partial charge is 0.478 e. The zero-order valence-electron chi connectivity index (χ0n) is 11.2. The predicted molar refractivity (Wildman–Crippen MR) is 81.8 cm³/mol. The minimum atomic E-state index is -0.936. The summed E-state index contributed by atoms with van der Waals surface area (Å²) in [5.74, 6) is -0.936. The molecule has 0 atom stereocenters. The van der Waals surface area contributed by atoms with Crippen molar-refractivity contribution in [3.8, 4) is 0 Å². The van der Waals surface area contributed by atoms with E-state index in [0.717, 1.165) is 12.0 Å². The first-order valence-electron chi connectivity index (χ1n) is 6.57. The molecule has 21 heavy (non-hydrogen) atoms. The van der Waals surface area contributed by atoms with E-state index < -0.39 is 5.97 Å². The molecule has 0 saturated heterocycles. The molecule has 1 heterocycles. The molecule has 0 amide bonds. The summed E-state index contributed by atoms with van der Waals surface area (Å²) in [6, 6.07) is 12.8. The first kappa shape index (κ1) is 13.6. The number of nitrogens with zero attached hydrogens (tertiary/aromatic N) is 2. The van der Waals surface area contributed by atoms with Crippen molar-refractivity contribution in [2.24, 2.45) is 0 Å². The number of rotatable bonds is 4. The molecule has 0 spiro atoms. The van der Waals surface area contributed by atoms with Gasteiger partial charge in [-0.25, -0.2) is 9.78 Å². The fourth-order valence-electron chi connectivity index (χ4n) is 2.37. The Labute approximate surface area is 126 Å². The number of aromatic carboxylic acids is 1. The van der Waals surface area contributed by atoms with Crippen molar-refractivity contribution in [1.82, 2.24) is 9.55 Å². The molecule has 0 bridgehead atoms. The van der Waals surface area contributed by atoms with Crippen LogP contribution in [0, 0.1) is 0 Å². The second kappa shape index (κ2) is 5.58. The van der Waals surface area contributed by atoms with E-state index in [9.17, 15) is 9.90 Å². The van der Waals surface area contributed by atoms with Crippen molar-refractivity contribution in [3.63, 3.8) is 0 Å². The maximum absolute atomic E-state index is 11.3. The Kier molecular flexibility index (Phi) is 3.62. The van der Waals surface area contributed by atoms with Crippen molar-refractivity contribution in [1.29, 1.82) is 0 Å². The van der Waals surface area contributed by atoms with Gasteiger partial charge in [-0.3, -0.25) is 0 Å². The molecular formula is C16H13ClN2O2. The molecule has 1 N–H and O–H groups in total. The molecule has 0 fully saturated rings. The van der Waals surface area contributed by atoms with Crippen molar-refractivity contribution in [2.75, 3.05) is 0 Å². The summed E-state index contributed by atoms with van der Waals surface area (Å²) < 4.78 is 1.88. The molecule has 0 saturated carbocycles. The highest BCUT2D eigenvalue weighted by Gasteiger charge is 2.13. The van der Waals surface area contributed by atoms with Crippen LogP contribution in [0.5, 0.6) is 0 Å². The van der Waals surface area contributed by atoms with Gasteiger partial charge in [0.2, 0.25) is 0 Å². The zero-order chi connectivity index (χ0) is 14.8. The fourth-order valence-corrected chi connectivity index (χ4v) is 2.50. The molecule has 106 valence electrons. The van der Waals surface area contributed by atoms with Crippen molar-refractivity contribution >= 4 is 28.6 Å². The lowest BCUT2D eigenvalue weighted by Crippen LogP contribution is -2.05. The summed E-state index contributed by atoms with van der Waals surface area (Å²) in [6.07, 6.45) is 2.48. The highest BCUT2D eigenvalue weighted by molar-refractivity contribution is 6.30. The van der Waals surface area contributed by atoms with Crippen LogP contribution in [-0.4, -0.2) is 20.6 Å². The average molecular weight is 301 g/mol. The minimum absolute atomic E-state index is 0.279. The number of benzene rings is 2. The molecule has 1 aromatic heterocycles. The van der Waals surface area contributed by atoms with Crippen LogP contribution in [0.3, 0.4) is 0 Å². The summed E-state index contributed by atoms with van der Waals surface area (Å²) in [6.45, 7) is 0.669. The molecule has 0 aliphatic carbocycles. The third-order valence-corrected chi connectivity index (χ3v) is 3.68. The van der Waals surface area contributed by atoms with Gasteiger partial charge in [-0.1, -0.05) is 29.8 Å². The predicted octanol–water partition coefficient (Wildman–Crippen LogP) is 3.63. The van der Waals surface area contributed by atoms with Crippen LogP contribution in [0.25, 0.3) is 11.0 Å². The second-order valence-electron chi connectivity index (χ2n) is 4.79. The highest BCUT2D eigenvalue weighted by Crippen LogP contribution is 2.19. The number of fused-ring (bicyclic) bond motifs is 1. The van der Waals surface area contributed by atoms with E-state index in [4.69, 9.17) is 11.6 Å². The number of aryl methyl sites for hydroxylation is 2. The molecule has 5 heteroatoms. The molecule has 0 unspecified atom stereocenters. The third kappa shape index (κ3) is 2.76. The Balaban J connectivity index is 1.90. The van der Waals surface area contributed by atoms with E-state index in [-0.39, 0.29) is 5.56 Å². The first-order chi connectivity index (χ1) is 10.1. The van der Waals surface area contributed by atoms with Gasteiger partial charge in [0.25, 0.3) is 0 Å². The topological polar surface area (TPSA) is 55.1 Å². The van der Waals surface area contributed by atoms with E-state index in [1.54, 1.807) is 18.5 Å². The van der Waals surface area contributed by atoms with Crippen LogP contribution in [-0.2, 0) is 13.0 Å². The Morgan fingerprint density at radius 1 is 1.19 bits per heavy atom. The van der Waals surface area contributed by atoms with Gasteiger partial charge >= 0.3 is 5.97 Å². The minimum Gasteiger partial charge on any atom is -0.478 e. The van der Waals surface area contributed by atoms with Gasteiger partial charge in [0.05, 0.1) is 22.9 Å². The van der Waals surface area contributed by atoms with Crippen molar-refractivity contribution < 1.29 is 9.90 Å². The van der Waals surface area contributed by atoms with Crippen LogP contribution in [0.15, 0.2) is 48.8 Å². The highest BCUT2D eigenvalue weighted by atomic mass is 35.5. The Morgan fingerprint density at radius 2 is 1.95 bits per heavy atom. The lowest BCUT2D eigenvalue weighted by molar-refractivity contribution is 0.0698. The standard InChI is InChI=1S/C16H13ClN2O2/c17-12-6-4-11(5-7-12)8-9-19-10-18-14-3-1-2-13(15(14)19)16(20)21/h1-7,10H,8-9H2,(H,20,21). The van der Waals surface area contributed by atoms with E-state index >= 15 is 0 Å². The Morgan fingerprint density at radius 3 is 2.67 bits per heavy atom. The van der Waals surface area contributed by atoms with Gasteiger partial charge < -0.3 is 9.67 Å². The number of carbonyl (C=O) groups is 1. The van der Waals surface area contributed by atoms with Crippen LogP contribution < -0.4 is 0 Å². The number of hydrogen-bond acceptors (Lipinski definition) is 2. The first-order valence-corrected chi connectivity index (χ1v) is 6.94. The molecular weight excluding hydrogens is 288 g/mol. The summed E-state index contributed by atoms with van der Waals surface area (Å²) in [4.78, 5) is 15.6. The number of halogens is 1. The molecule has 2 aromatic carbocycles. The molecule has 0 aliphatic rings. The number of aromatic nitrogens is 2. The van der Waals surface area contributed by atoms with Crippen LogP contribution in [0.2, 0.25) is 5.02 Å². The molecule has 0 radical (unpaired) electrons. The van der Waals surface area contributed by atoms with Gasteiger partial charge in [0, 0.05) is 11.6 Å². The average Bonchev–Trinajstić information content (AvgIpc) is 2.90. The van der Waals surface area contributed by atoms with Gasteiger partial charge in [0.15, 0.2) is 0 Å². The number of para-hydroxylation sites is 1. The van der Waals surface area contributed by atoms with Crippen LogP contribution >= 0.6 is 11.6 Å². The molecule has 4 nitrogen and oxygen atoms in total. The van der Waals surface area contributed by atoms with E-state index in [0.29, 0.717) is 22.6 Å². The lowest BCUT2D eigenvalue weighted by atomic mass is 10.1. The summed E-state index contributed by atoms with van der Waals surface area (Å²) in [7, 11) is 0.